The van der Waals surface area contributed by atoms with Crippen LogP contribution in [0.3, 0.4) is 0 Å². The standard InChI is InChI=1S/C19H19N5O3S/c1-26-9-8-24(12-17(25)21-15-6-3-2-5-14(15)11-20)13-18-22-23-19(27-18)16-7-4-10-28-16/h2-7,10H,8-9,12-13H2,1H3,(H,21,25)/p+1. The first-order chi connectivity index (χ1) is 13.7. The third-order valence-corrected chi connectivity index (χ3v) is 4.85. The maximum atomic E-state index is 12.5. The number of ether oxygens (including phenoxy) is 1. The molecule has 1 atom stereocenters. The molecule has 2 aromatic heterocycles. The summed E-state index contributed by atoms with van der Waals surface area (Å²) in [5, 5.41) is 22.1. The normalized spacial score (nSPS) is 11.7. The minimum Gasteiger partial charge on any atom is -0.414 e. The molecule has 3 aromatic rings. The summed E-state index contributed by atoms with van der Waals surface area (Å²) in [5.41, 5.74) is 0.922. The van der Waals surface area contributed by atoms with Gasteiger partial charge in [-0.05, 0) is 23.6 Å². The molecule has 8 nitrogen and oxygen atoms in total. The number of thiophene rings is 1. The number of para-hydroxylation sites is 1. The zero-order valence-corrected chi connectivity index (χ0v) is 16.2. The molecule has 0 bridgehead atoms. The summed E-state index contributed by atoms with van der Waals surface area (Å²) in [7, 11) is 1.61. The zero-order valence-electron chi connectivity index (χ0n) is 15.3. The third-order valence-electron chi connectivity index (χ3n) is 3.99. The maximum Gasteiger partial charge on any atom is 0.279 e. The Morgan fingerprint density at radius 2 is 2.18 bits per heavy atom. The van der Waals surface area contributed by atoms with Crippen LogP contribution < -0.4 is 10.2 Å². The van der Waals surface area contributed by atoms with Crippen LogP contribution in [-0.4, -0.2) is 42.9 Å². The summed E-state index contributed by atoms with van der Waals surface area (Å²) in [6.45, 7) is 1.67. The molecule has 1 amide bonds. The van der Waals surface area contributed by atoms with Gasteiger partial charge in [0, 0.05) is 7.11 Å². The van der Waals surface area contributed by atoms with Crippen LogP contribution in [0.15, 0.2) is 46.2 Å². The molecule has 1 unspecified atom stereocenters. The van der Waals surface area contributed by atoms with E-state index in [4.69, 9.17) is 14.4 Å². The van der Waals surface area contributed by atoms with E-state index >= 15 is 0 Å². The molecule has 2 N–H and O–H groups in total. The highest BCUT2D eigenvalue weighted by molar-refractivity contribution is 7.13. The highest BCUT2D eigenvalue weighted by atomic mass is 32.1. The van der Waals surface area contributed by atoms with E-state index in [0.29, 0.717) is 42.7 Å². The zero-order chi connectivity index (χ0) is 19.8. The Hall–Kier alpha value is -3.06. The molecule has 9 heteroatoms. The van der Waals surface area contributed by atoms with Crippen LogP contribution in [0.25, 0.3) is 10.8 Å². The number of carbonyl (C=O) groups is 1. The van der Waals surface area contributed by atoms with E-state index in [9.17, 15) is 4.79 Å². The minimum absolute atomic E-state index is 0.180. The quantitative estimate of drug-likeness (QED) is 0.564. The first kappa shape index (κ1) is 19.7. The van der Waals surface area contributed by atoms with Crippen molar-refractivity contribution < 1.29 is 18.8 Å². The van der Waals surface area contributed by atoms with Gasteiger partial charge >= 0.3 is 0 Å². The summed E-state index contributed by atoms with van der Waals surface area (Å²) in [5.74, 6) is 0.731. The number of benzene rings is 1. The Kier molecular flexibility index (Phi) is 6.86. The highest BCUT2D eigenvalue weighted by Crippen LogP contribution is 2.22. The molecule has 0 fully saturated rings. The van der Waals surface area contributed by atoms with E-state index in [0.717, 1.165) is 9.78 Å². The topological polar surface area (TPSA) is 105 Å². The van der Waals surface area contributed by atoms with Gasteiger partial charge < -0.3 is 19.4 Å². The Balaban J connectivity index is 1.65. The van der Waals surface area contributed by atoms with Crippen molar-refractivity contribution >= 4 is 22.9 Å². The van der Waals surface area contributed by atoms with Crippen LogP contribution in [0, 0.1) is 11.3 Å². The van der Waals surface area contributed by atoms with Gasteiger partial charge in [0.2, 0.25) is 0 Å². The molecule has 0 aliphatic rings. The number of methoxy groups -OCH3 is 1. The molecule has 0 saturated heterocycles. The summed E-state index contributed by atoms with van der Waals surface area (Å²) < 4.78 is 10.9. The lowest BCUT2D eigenvalue weighted by Gasteiger charge is -2.17. The van der Waals surface area contributed by atoms with Crippen molar-refractivity contribution in [2.24, 2.45) is 0 Å². The molecule has 0 saturated carbocycles. The van der Waals surface area contributed by atoms with E-state index in [1.54, 1.807) is 31.4 Å². The number of quaternary nitrogens is 1. The van der Waals surface area contributed by atoms with Crippen molar-refractivity contribution in [1.29, 1.82) is 5.26 Å². The lowest BCUT2D eigenvalue weighted by atomic mass is 10.2. The number of hydrogen-bond acceptors (Lipinski definition) is 7. The van der Waals surface area contributed by atoms with Gasteiger partial charge in [-0.15, -0.1) is 21.5 Å². The first-order valence-corrected chi connectivity index (χ1v) is 9.55. The van der Waals surface area contributed by atoms with Crippen LogP contribution in [-0.2, 0) is 16.1 Å². The molecular formula is C19H20N5O3S+. The van der Waals surface area contributed by atoms with Gasteiger partial charge in [0.15, 0.2) is 13.1 Å². The van der Waals surface area contributed by atoms with Crippen molar-refractivity contribution in [3.05, 3.63) is 53.2 Å². The average molecular weight is 398 g/mol. The van der Waals surface area contributed by atoms with Gasteiger partial charge in [-0.3, -0.25) is 4.79 Å². The van der Waals surface area contributed by atoms with Crippen molar-refractivity contribution in [3.63, 3.8) is 0 Å². The van der Waals surface area contributed by atoms with Crippen molar-refractivity contribution in [2.75, 3.05) is 32.1 Å². The Labute approximate surface area is 166 Å². The number of nitriles is 1. The molecule has 28 heavy (non-hydrogen) atoms. The fraction of sp³-hybridized carbons (Fsp3) is 0.263. The Morgan fingerprint density at radius 3 is 2.93 bits per heavy atom. The highest BCUT2D eigenvalue weighted by Gasteiger charge is 2.20. The second-order valence-electron chi connectivity index (χ2n) is 6.03. The number of nitrogens with zero attached hydrogens (tertiary/aromatic N) is 3. The predicted octanol–water partition coefficient (Wildman–Crippen LogP) is 1.34. The summed E-state index contributed by atoms with van der Waals surface area (Å²) >= 11 is 1.52. The number of amides is 1. The van der Waals surface area contributed by atoms with Gasteiger partial charge in [-0.2, -0.15) is 5.26 Å². The fourth-order valence-electron chi connectivity index (χ4n) is 2.64. The maximum absolute atomic E-state index is 12.5. The minimum atomic E-state index is -0.202. The van der Waals surface area contributed by atoms with Gasteiger partial charge in [-0.1, -0.05) is 18.2 Å². The number of rotatable bonds is 9. The van der Waals surface area contributed by atoms with Crippen LogP contribution in [0.1, 0.15) is 11.5 Å². The Morgan fingerprint density at radius 1 is 1.32 bits per heavy atom. The number of anilines is 1. The summed E-state index contributed by atoms with van der Waals surface area (Å²) in [6.07, 6.45) is 0. The first-order valence-electron chi connectivity index (χ1n) is 8.67. The predicted molar refractivity (Wildman–Crippen MR) is 104 cm³/mol. The van der Waals surface area contributed by atoms with E-state index in [1.807, 2.05) is 17.5 Å². The second-order valence-corrected chi connectivity index (χ2v) is 6.98. The molecule has 3 rings (SSSR count). The van der Waals surface area contributed by atoms with Crippen LogP contribution in [0.5, 0.6) is 0 Å². The number of nitrogens with one attached hydrogen (secondary N) is 2. The average Bonchev–Trinajstić information content (AvgIpc) is 3.38. The smallest absolute Gasteiger partial charge is 0.279 e. The third kappa shape index (κ3) is 5.23. The molecule has 0 radical (unpaired) electrons. The molecule has 0 aliphatic heterocycles. The van der Waals surface area contributed by atoms with Gasteiger partial charge in [0.25, 0.3) is 17.7 Å². The van der Waals surface area contributed by atoms with Crippen LogP contribution in [0.4, 0.5) is 5.69 Å². The van der Waals surface area contributed by atoms with Crippen LogP contribution >= 0.6 is 11.3 Å². The van der Waals surface area contributed by atoms with Crippen molar-refractivity contribution in [2.45, 2.75) is 6.54 Å². The fourth-order valence-corrected chi connectivity index (χ4v) is 3.28. The molecule has 0 spiro atoms. The number of aromatic nitrogens is 2. The molecule has 0 aliphatic carbocycles. The van der Waals surface area contributed by atoms with Gasteiger partial charge in [0.1, 0.15) is 12.6 Å². The largest absolute Gasteiger partial charge is 0.414 e. The van der Waals surface area contributed by atoms with E-state index in [2.05, 4.69) is 21.6 Å². The van der Waals surface area contributed by atoms with Crippen molar-refractivity contribution in [3.8, 4) is 16.8 Å². The SMILES string of the molecule is COCC[NH+](CC(=O)Nc1ccccc1C#N)Cc1nnc(-c2cccs2)o1. The number of hydrogen-bond donors (Lipinski definition) is 2. The Bertz CT molecular complexity index is 949. The van der Waals surface area contributed by atoms with Gasteiger partial charge in [0.05, 0.1) is 22.7 Å². The van der Waals surface area contributed by atoms with E-state index in [1.165, 1.54) is 11.3 Å². The second kappa shape index (κ2) is 9.75. The number of carbonyl (C=O) groups excluding carboxylic acids is 1. The van der Waals surface area contributed by atoms with Crippen LogP contribution in [0.2, 0.25) is 0 Å². The molecule has 2 heterocycles. The lowest BCUT2D eigenvalue weighted by molar-refractivity contribution is -0.907. The molecule has 144 valence electrons. The molecule has 1 aromatic carbocycles. The van der Waals surface area contributed by atoms with E-state index < -0.39 is 0 Å². The monoisotopic (exact) mass is 398 g/mol. The lowest BCUT2D eigenvalue weighted by Crippen LogP contribution is -3.12. The van der Waals surface area contributed by atoms with Crippen molar-refractivity contribution in [1.82, 2.24) is 10.2 Å². The molecular weight excluding hydrogens is 378 g/mol. The summed E-state index contributed by atoms with van der Waals surface area (Å²) in [4.78, 5) is 14.3. The van der Waals surface area contributed by atoms with E-state index in [-0.39, 0.29) is 12.5 Å². The summed E-state index contributed by atoms with van der Waals surface area (Å²) in [6, 6.07) is 12.8. The van der Waals surface area contributed by atoms with Gasteiger partial charge in [-0.25, -0.2) is 0 Å².